The summed E-state index contributed by atoms with van der Waals surface area (Å²) < 4.78 is 26.2. The summed E-state index contributed by atoms with van der Waals surface area (Å²) in [5.41, 5.74) is 0.259. The Morgan fingerprint density at radius 3 is 2.68 bits per heavy atom. The van der Waals surface area contributed by atoms with Crippen LogP contribution in [0.4, 0.5) is 4.39 Å². The minimum Gasteiger partial charge on any atom is -0.493 e. The third kappa shape index (κ3) is 4.86. The minimum absolute atomic E-state index is 0.0655. The highest BCUT2D eigenvalue weighted by molar-refractivity contribution is 6.32. The van der Waals surface area contributed by atoms with E-state index in [9.17, 15) is 14.0 Å². The van der Waals surface area contributed by atoms with Gasteiger partial charge in [0.2, 0.25) is 5.43 Å². The maximum atomic E-state index is 14.2. The molecule has 1 amide bonds. The lowest BCUT2D eigenvalue weighted by Crippen LogP contribution is -2.31. The van der Waals surface area contributed by atoms with E-state index in [0.29, 0.717) is 34.4 Å². The van der Waals surface area contributed by atoms with Crippen molar-refractivity contribution in [3.63, 3.8) is 0 Å². The molecular weight excluding hydrogens is 425 g/mol. The van der Waals surface area contributed by atoms with Gasteiger partial charge in [0.15, 0.2) is 17.2 Å². The molecule has 3 aromatic rings. The van der Waals surface area contributed by atoms with Gasteiger partial charge in [-0.1, -0.05) is 23.7 Å². The summed E-state index contributed by atoms with van der Waals surface area (Å²) in [6.07, 6.45) is 0. The predicted molar refractivity (Wildman–Crippen MR) is 115 cm³/mol. The molecule has 7 nitrogen and oxygen atoms in total. The van der Waals surface area contributed by atoms with Gasteiger partial charge >= 0.3 is 0 Å². The topological polar surface area (TPSA) is 82.5 Å². The van der Waals surface area contributed by atoms with Gasteiger partial charge in [-0.25, -0.2) is 9.07 Å². The van der Waals surface area contributed by atoms with Crippen LogP contribution >= 0.6 is 11.6 Å². The zero-order chi connectivity index (χ0) is 22.5. The van der Waals surface area contributed by atoms with Crippen LogP contribution in [0.15, 0.2) is 47.3 Å². The lowest BCUT2D eigenvalue weighted by Gasteiger charge is -2.14. The van der Waals surface area contributed by atoms with Crippen molar-refractivity contribution in [3.8, 4) is 17.2 Å². The van der Waals surface area contributed by atoms with Crippen molar-refractivity contribution < 1.29 is 18.7 Å². The summed E-state index contributed by atoms with van der Waals surface area (Å²) in [6, 6.07) is 10.5. The van der Waals surface area contributed by atoms with Crippen molar-refractivity contribution in [1.29, 1.82) is 0 Å². The molecule has 162 valence electrons. The van der Waals surface area contributed by atoms with Crippen molar-refractivity contribution in [3.05, 3.63) is 80.5 Å². The second kappa shape index (κ2) is 9.61. The van der Waals surface area contributed by atoms with Crippen molar-refractivity contribution in [2.24, 2.45) is 0 Å². The van der Waals surface area contributed by atoms with Gasteiger partial charge < -0.3 is 14.8 Å². The highest BCUT2D eigenvalue weighted by Crippen LogP contribution is 2.36. The fourth-order valence-electron chi connectivity index (χ4n) is 3.00. The van der Waals surface area contributed by atoms with Crippen LogP contribution in [0.1, 0.15) is 28.7 Å². The molecule has 0 unspecified atom stereocenters. The number of amides is 1. The fraction of sp³-hybridized carbons (Fsp3) is 0.227. The monoisotopic (exact) mass is 445 g/mol. The normalized spacial score (nSPS) is 10.6. The number of aryl methyl sites for hydroxylation is 1. The van der Waals surface area contributed by atoms with E-state index < -0.39 is 17.2 Å². The number of nitrogens with zero attached hydrogens (tertiary/aromatic N) is 2. The molecule has 1 N–H and O–H groups in total. The van der Waals surface area contributed by atoms with Crippen LogP contribution in [-0.4, -0.2) is 29.4 Å². The lowest BCUT2D eigenvalue weighted by atomic mass is 10.2. The Morgan fingerprint density at radius 2 is 2.00 bits per heavy atom. The summed E-state index contributed by atoms with van der Waals surface area (Å²) in [6.45, 7) is 3.92. The second-order valence-electron chi connectivity index (χ2n) is 6.59. The standard InChI is InChI=1S/C22H21ClFN3O4/c1-4-31-21-15(23)10-14(11-19(21)30-3)12-25-22(29)20-18(28)9-13(2)27(26-20)17-8-6-5-7-16(17)24/h5-11H,4,12H2,1-3H3,(H,25,29). The van der Waals surface area contributed by atoms with Crippen LogP contribution in [0, 0.1) is 12.7 Å². The maximum absolute atomic E-state index is 14.2. The molecule has 9 heteroatoms. The third-order valence-corrected chi connectivity index (χ3v) is 4.71. The number of carbonyl (C=O) groups excluding carboxylic acids is 1. The number of benzene rings is 2. The van der Waals surface area contributed by atoms with E-state index in [4.69, 9.17) is 21.1 Å². The van der Waals surface area contributed by atoms with Gasteiger partial charge in [-0.2, -0.15) is 5.10 Å². The number of rotatable bonds is 7. The van der Waals surface area contributed by atoms with Crippen molar-refractivity contribution in [2.75, 3.05) is 13.7 Å². The van der Waals surface area contributed by atoms with Crippen LogP contribution in [0.2, 0.25) is 5.02 Å². The van der Waals surface area contributed by atoms with Gasteiger partial charge in [0.1, 0.15) is 11.5 Å². The molecule has 0 fully saturated rings. The average Bonchev–Trinajstić information content (AvgIpc) is 2.74. The molecule has 0 aliphatic rings. The highest BCUT2D eigenvalue weighted by Gasteiger charge is 2.17. The molecule has 0 saturated heterocycles. The average molecular weight is 446 g/mol. The highest BCUT2D eigenvalue weighted by atomic mass is 35.5. The Balaban J connectivity index is 1.86. The van der Waals surface area contributed by atoms with Crippen LogP contribution in [0.25, 0.3) is 5.69 Å². The lowest BCUT2D eigenvalue weighted by molar-refractivity contribution is 0.0943. The summed E-state index contributed by atoms with van der Waals surface area (Å²) in [5.74, 6) is -0.382. The number of halogens is 2. The first-order chi connectivity index (χ1) is 14.8. The van der Waals surface area contributed by atoms with Crippen LogP contribution in [0.5, 0.6) is 11.5 Å². The Bertz CT molecular complexity index is 1180. The number of hydrogen-bond donors (Lipinski definition) is 1. The first-order valence-electron chi connectivity index (χ1n) is 9.49. The van der Waals surface area contributed by atoms with Gasteiger partial charge in [-0.3, -0.25) is 9.59 Å². The molecule has 3 rings (SSSR count). The molecule has 0 aliphatic carbocycles. The zero-order valence-corrected chi connectivity index (χ0v) is 18.0. The second-order valence-corrected chi connectivity index (χ2v) is 6.99. The predicted octanol–water partition coefficient (Wildman–Crippen LogP) is 3.67. The van der Waals surface area contributed by atoms with E-state index in [-0.39, 0.29) is 17.9 Å². The van der Waals surface area contributed by atoms with Crippen molar-refractivity contribution in [1.82, 2.24) is 15.1 Å². The number of hydrogen-bond acceptors (Lipinski definition) is 5. The Kier molecular flexibility index (Phi) is 6.91. The number of para-hydroxylation sites is 1. The van der Waals surface area contributed by atoms with Gasteiger partial charge in [0.25, 0.3) is 5.91 Å². The fourth-order valence-corrected chi connectivity index (χ4v) is 3.29. The Hall–Kier alpha value is -3.39. The molecule has 31 heavy (non-hydrogen) atoms. The summed E-state index contributed by atoms with van der Waals surface area (Å²) in [7, 11) is 1.48. The zero-order valence-electron chi connectivity index (χ0n) is 17.2. The Labute approximate surface area is 183 Å². The first-order valence-corrected chi connectivity index (χ1v) is 9.86. The molecule has 0 radical (unpaired) electrons. The van der Waals surface area contributed by atoms with Crippen molar-refractivity contribution in [2.45, 2.75) is 20.4 Å². The SMILES string of the molecule is CCOc1c(Cl)cc(CNC(=O)c2nn(-c3ccccc3F)c(C)cc2=O)cc1OC. The molecule has 2 aromatic carbocycles. The van der Waals surface area contributed by atoms with E-state index in [2.05, 4.69) is 10.4 Å². The number of carbonyl (C=O) groups is 1. The summed E-state index contributed by atoms with van der Waals surface area (Å²) in [4.78, 5) is 25.0. The largest absolute Gasteiger partial charge is 0.493 e. The van der Waals surface area contributed by atoms with E-state index in [1.807, 2.05) is 6.92 Å². The Morgan fingerprint density at radius 1 is 1.26 bits per heavy atom. The van der Waals surface area contributed by atoms with Crippen LogP contribution in [0.3, 0.4) is 0 Å². The minimum atomic E-state index is -0.695. The van der Waals surface area contributed by atoms with E-state index in [1.165, 1.54) is 30.0 Å². The molecular formula is C22H21ClFN3O4. The number of nitrogens with one attached hydrogen (secondary N) is 1. The quantitative estimate of drug-likeness (QED) is 0.600. The van der Waals surface area contributed by atoms with Crippen LogP contribution < -0.4 is 20.2 Å². The molecule has 0 aliphatic heterocycles. The van der Waals surface area contributed by atoms with Crippen LogP contribution in [-0.2, 0) is 6.54 Å². The molecule has 0 spiro atoms. The molecule has 0 atom stereocenters. The number of methoxy groups -OCH3 is 1. The number of ether oxygens (including phenoxy) is 2. The van der Waals surface area contributed by atoms with Gasteiger partial charge in [0.05, 0.1) is 18.7 Å². The first kappa shape index (κ1) is 22.3. The number of aromatic nitrogens is 2. The maximum Gasteiger partial charge on any atom is 0.276 e. The van der Waals surface area contributed by atoms with Gasteiger partial charge in [-0.15, -0.1) is 0 Å². The van der Waals surface area contributed by atoms with Gasteiger partial charge in [0, 0.05) is 18.3 Å². The van der Waals surface area contributed by atoms with Gasteiger partial charge in [-0.05, 0) is 43.7 Å². The molecule has 1 aromatic heterocycles. The third-order valence-electron chi connectivity index (χ3n) is 4.43. The van der Waals surface area contributed by atoms with E-state index in [1.54, 1.807) is 31.2 Å². The smallest absolute Gasteiger partial charge is 0.276 e. The van der Waals surface area contributed by atoms with E-state index in [0.717, 1.165) is 0 Å². The molecule has 0 saturated carbocycles. The molecule has 1 heterocycles. The summed E-state index contributed by atoms with van der Waals surface area (Å²) in [5, 5.41) is 7.06. The summed E-state index contributed by atoms with van der Waals surface area (Å²) >= 11 is 6.25. The van der Waals surface area contributed by atoms with E-state index >= 15 is 0 Å². The molecule has 0 bridgehead atoms. The van der Waals surface area contributed by atoms with Crippen molar-refractivity contribution >= 4 is 17.5 Å².